The van der Waals surface area contributed by atoms with Gasteiger partial charge in [-0.15, -0.1) is 6.58 Å². The number of benzene rings is 3. The van der Waals surface area contributed by atoms with Crippen molar-refractivity contribution < 1.29 is 23.7 Å². The number of rotatable bonds is 7. The third kappa shape index (κ3) is 3.90. The maximum atomic E-state index is 13.4. The number of hydrogen-bond acceptors (Lipinski definition) is 5. The van der Waals surface area contributed by atoms with Crippen molar-refractivity contribution in [3.05, 3.63) is 113 Å². The number of ether oxygens (including phenoxy) is 4. The predicted octanol–water partition coefficient (Wildman–Crippen LogP) is 5.68. The van der Waals surface area contributed by atoms with E-state index in [-0.39, 0.29) is 13.4 Å². The molecular weight excluding hydrogens is 440 g/mol. The van der Waals surface area contributed by atoms with Crippen molar-refractivity contribution >= 4 is 23.1 Å². The first-order chi connectivity index (χ1) is 16.1. The summed E-state index contributed by atoms with van der Waals surface area (Å²) in [5.41, 5.74) is 3.50. The Morgan fingerprint density at radius 1 is 1.00 bits per heavy atom. The summed E-state index contributed by atoms with van der Waals surface area (Å²) in [7, 11) is 0. The third-order valence-electron chi connectivity index (χ3n) is 5.65. The number of cyclic esters (lactones) is 1. The molecule has 1 atom stereocenters. The third-order valence-corrected chi connectivity index (χ3v) is 5.91. The van der Waals surface area contributed by atoms with Gasteiger partial charge in [0.15, 0.2) is 11.5 Å². The van der Waals surface area contributed by atoms with Crippen LogP contribution in [0, 0.1) is 0 Å². The van der Waals surface area contributed by atoms with Crippen LogP contribution in [0.2, 0.25) is 5.02 Å². The lowest BCUT2D eigenvalue weighted by molar-refractivity contribution is -0.203. The van der Waals surface area contributed by atoms with Crippen LogP contribution in [0.15, 0.2) is 91.0 Å². The molecule has 0 aromatic heterocycles. The first-order valence-electron chi connectivity index (χ1n) is 10.5. The first kappa shape index (κ1) is 21.3. The minimum absolute atomic E-state index is 0.149. The molecule has 0 radical (unpaired) electrons. The van der Waals surface area contributed by atoms with E-state index in [1.54, 1.807) is 30.3 Å². The summed E-state index contributed by atoms with van der Waals surface area (Å²) in [6.07, 6.45) is 2.07. The molecule has 0 bridgehead atoms. The van der Waals surface area contributed by atoms with E-state index in [2.05, 4.69) is 6.58 Å². The Hall–Kier alpha value is -3.54. The summed E-state index contributed by atoms with van der Waals surface area (Å²) in [6, 6.07) is 22.4. The quantitative estimate of drug-likeness (QED) is 0.335. The second-order valence-corrected chi connectivity index (χ2v) is 8.13. The lowest BCUT2D eigenvalue weighted by atomic mass is 9.88. The highest BCUT2D eigenvalue weighted by Gasteiger charge is 2.50. The molecule has 166 valence electrons. The molecule has 0 saturated heterocycles. The van der Waals surface area contributed by atoms with Gasteiger partial charge in [-0.25, -0.2) is 4.79 Å². The molecule has 0 fully saturated rings. The van der Waals surface area contributed by atoms with Crippen LogP contribution in [0.5, 0.6) is 11.5 Å². The summed E-state index contributed by atoms with van der Waals surface area (Å²) in [6.45, 7) is 4.10. The molecule has 0 aliphatic carbocycles. The van der Waals surface area contributed by atoms with E-state index in [0.717, 1.165) is 5.56 Å². The average molecular weight is 461 g/mol. The number of esters is 1. The molecular formula is C27H21ClO5. The van der Waals surface area contributed by atoms with Crippen LogP contribution >= 0.6 is 11.6 Å². The molecule has 2 heterocycles. The van der Waals surface area contributed by atoms with Gasteiger partial charge in [-0.2, -0.15) is 0 Å². The Morgan fingerprint density at radius 2 is 1.76 bits per heavy atom. The van der Waals surface area contributed by atoms with Gasteiger partial charge in [0.1, 0.15) is 0 Å². The van der Waals surface area contributed by atoms with E-state index < -0.39 is 11.8 Å². The molecule has 2 aliphatic heterocycles. The zero-order chi connectivity index (χ0) is 22.8. The van der Waals surface area contributed by atoms with Crippen LogP contribution in [-0.2, 0) is 26.5 Å². The maximum Gasteiger partial charge on any atom is 0.342 e. The summed E-state index contributed by atoms with van der Waals surface area (Å²) >= 11 is 6.14. The molecule has 0 amide bonds. The second kappa shape index (κ2) is 8.77. The molecule has 0 spiro atoms. The highest BCUT2D eigenvalue weighted by Crippen LogP contribution is 2.48. The lowest BCUT2D eigenvalue weighted by Crippen LogP contribution is -2.34. The van der Waals surface area contributed by atoms with Gasteiger partial charge in [0.2, 0.25) is 6.79 Å². The maximum absolute atomic E-state index is 13.4. The van der Waals surface area contributed by atoms with Gasteiger partial charge >= 0.3 is 5.97 Å². The summed E-state index contributed by atoms with van der Waals surface area (Å²) in [4.78, 5) is 13.4. The fourth-order valence-corrected chi connectivity index (χ4v) is 4.28. The number of hydrogen-bond donors (Lipinski definition) is 0. The van der Waals surface area contributed by atoms with E-state index in [1.807, 2.05) is 48.5 Å². The minimum Gasteiger partial charge on any atom is -0.454 e. The van der Waals surface area contributed by atoms with Crippen LogP contribution in [0.25, 0.3) is 5.57 Å². The zero-order valence-electron chi connectivity index (χ0n) is 17.8. The van der Waals surface area contributed by atoms with Crippen molar-refractivity contribution in [1.29, 1.82) is 0 Å². The number of carbonyl (C=O) groups excluding carboxylic acids is 1. The topological polar surface area (TPSA) is 54.0 Å². The van der Waals surface area contributed by atoms with Gasteiger partial charge < -0.3 is 18.9 Å². The average Bonchev–Trinajstić information content (AvgIpc) is 3.41. The smallest absolute Gasteiger partial charge is 0.342 e. The molecule has 0 N–H and O–H groups in total. The van der Waals surface area contributed by atoms with Gasteiger partial charge in [0, 0.05) is 22.6 Å². The minimum atomic E-state index is -1.42. The molecule has 6 heteroatoms. The van der Waals surface area contributed by atoms with E-state index in [9.17, 15) is 4.79 Å². The van der Waals surface area contributed by atoms with E-state index in [4.69, 9.17) is 30.5 Å². The van der Waals surface area contributed by atoms with Crippen LogP contribution in [0.1, 0.15) is 16.7 Å². The molecule has 1 unspecified atom stereocenters. The van der Waals surface area contributed by atoms with Crippen molar-refractivity contribution in [2.24, 2.45) is 0 Å². The van der Waals surface area contributed by atoms with Gasteiger partial charge in [0.05, 0.1) is 12.2 Å². The van der Waals surface area contributed by atoms with Crippen molar-refractivity contribution in [1.82, 2.24) is 0 Å². The molecule has 5 rings (SSSR count). The van der Waals surface area contributed by atoms with E-state index in [0.29, 0.717) is 45.2 Å². The highest BCUT2D eigenvalue weighted by atomic mass is 35.5. The van der Waals surface area contributed by atoms with Crippen LogP contribution in [0.3, 0.4) is 0 Å². The molecule has 0 saturated carbocycles. The largest absolute Gasteiger partial charge is 0.454 e. The van der Waals surface area contributed by atoms with Gasteiger partial charge in [0.25, 0.3) is 5.79 Å². The fourth-order valence-electron chi connectivity index (χ4n) is 4.16. The normalized spacial score (nSPS) is 19.0. The predicted molar refractivity (Wildman–Crippen MR) is 125 cm³/mol. The number of halogens is 1. The van der Waals surface area contributed by atoms with Gasteiger partial charge in [-0.1, -0.05) is 66.2 Å². The number of carbonyl (C=O) groups is 1. The lowest BCUT2D eigenvalue weighted by Gasteiger charge is -2.31. The Labute approximate surface area is 196 Å². The number of fused-ring (bicyclic) bond motifs is 1. The van der Waals surface area contributed by atoms with Crippen LogP contribution < -0.4 is 9.47 Å². The Kier molecular flexibility index (Phi) is 5.67. The van der Waals surface area contributed by atoms with E-state index in [1.165, 1.54) is 0 Å². The van der Waals surface area contributed by atoms with Crippen molar-refractivity contribution in [2.75, 3.05) is 13.4 Å². The highest BCUT2D eigenvalue weighted by molar-refractivity contribution is 6.30. The van der Waals surface area contributed by atoms with Gasteiger partial charge in [-0.3, -0.25) is 0 Å². The van der Waals surface area contributed by atoms with Crippen LogP contribution in [0.4, 0.5) is 0 Å². The van der Waals surface area contributed by atoms with Crippen molar-refractivity contribution in [2.45, 2.75) is 12.2 Å². The fraction of sp³-hybridized carbons (Fsp3) is 0.148. The Morgan fingerprint density at radius 3 is 2.52 bits per heavy atom. The summed E-state index contributed by atoms with van der Waals surface area (Å²) in [5.74, 6) is -0.666. The summed E-state index contributed by atoms with van der Waals surface area (Å²) in [5, 5.41) is 0.575. The van der Waals surface area contributed by atoms with Crippen LogP contribution in [-0.4, -0.2) is 19.4 Å². The Bertz CT molecular complexity index is 1230. The standard InChI is InChI=1S/C27H21ClO5/c1-2-14-32-27(20-9-11-21(28)12-10-20)22(15-18-6-4-3-5-7-18)25(26(29)33-27)19-8-13-23-24(16-19)31-17-30-23/h2-13,16H,1,14-15,17H2. The van der Waals surface area contributed by atoms with Crippen molar-refractivity contribution in [3.63, 3.8) is 0 Å². The van der Waals surface area contributed by atoms with E-state index >= 15 is 0 Å². The molecule has 33 heavy (non-hydrogen) atoms. The van der Waals surface area contributed by atoms with Gasteiger partial charge in [-0.05, 0) is 35.4 Å². The van der Waals surface area contributed by atoms with Crippen molar-refractivity contribution in [3.8, 4) is 11.5 Å². The Balaban J connectivity index is 1.72. The first-order valence-corrected chi connectivity index (χ1v) is 10.9. The second-order valence-electron chi connectivity index (χ2n) is 7.70. The molecule has 3 aromatic carbocycles. The molecule has 3 aromatic rings. The zero-order valence-corrected chi connectivity index (χ0v) is 18.5. The molecule has 5 nitrogen and oxygen atoms in total. The SMILES string of the molecule is C=CCOC1(c2ccc(Cl)cc2)OC(=O)C(c2ccc3c(c2)OCO3)=C1Cc1ccccc1. The molecule has 2 aliphatic rings. The monoisotopic (exact) mass is 460 g/mol. The summed E-state index contributed by atoms with van der Waals surface area (Å²) < 4.78 is 23.3.